The van der Waals surface area contributed by atoms with Gasteiger partial charge in [-0.1, -0.05) is 6.07 Å². The molecule has 0 spiro atoms. The lowest BCUT2D eigenvalue weighted by molar-refractivity contribution is -0.142. The Labute approximate surface area is 164 Å². The molecule has 0 fully saturated rings. The lowest BCUT2D eigenvalue weighted by atomic mass is 10.1. The fraction of sp³-hybridized carbons (Fsp3) is 0.235. The van der Waals surface area contributed by atoms with Gasteiger partial charge >= 0.3 is 5.97 Å². The Bertz CT molecular complexity index is 974. The van der Waals surface area contributed by atoms with Gasteiger partial charge in [-0.2, -0.15) is 0 Å². The van der Waals surface area contributed by atoms with Crippen LogP contribution in [-0.4, -0.2) is 39.2 Å². The third-order valence-corrected chi connectivity index (χ3v) is 6.19. The van der Waals surface area contributed by atoms with Crippen molar-refractivity contribution in [2.45, 2.75) is 17.6 Å². The fourth-order valence-electron chi connectivity index (χ4n) is 2.09. The van der Waals surface area contributed by atoms with E-state index in [2.05, 4.69) is 10.0 Å². The number of nitrogens with one attached hydrogen (secondary N) is 2. The van der Waals surface area contributed by atoms with Gasteiger partial charge in [-0.3, -0.25) is 14.4 Å². The van der Waals surface area contributed by atoms with Gasteiger partial charge in [0, 0.05) is 19.2 Å². The predicted molar refractivity (Wildman–Crippen MR) is 100 cm³/mol. The summed E-state index contributed by atoms with van der Waals surface area (Å²) in [5, 5.41) is 3.98. The number of ketones is 1. The number of amides is 1. The number of thiophene rings is 1. The third kappa shape index (κ3) is 6.22. The molecule has 28 heavy (non-hydrogen) atoms. The monoisotopic (exact) mass is 428 g/mol. The molecular weight excluding hydrogens is 411 g/mol. The normalized spacial score (nSPS) is 11.1. The number of Topliss-reactive ketones (excluding diaryl/α,β-unsaturated/α-hetero) is 1. The predicted octanol–water partition coefficient (Wildman–Crippen LogP) is 1.94. The van der Waals surface area contributed by atoms with Crippen molar-refractivity contribution in [1.82, 2.24) is 4.72 Å². The van der Waals surface area contributed by atoms with E-state index in [-0.39, 0.29) is 34.3 Å². The fourth-order valence-corrected chi connectivity index (χ4v) is 4.16. The number of halogens is 1. The van der Waals surface area contributed by atoms with E-state index in [4.69, 9.17) is 4.74 Å². The van der Waals surface area contributed by atoms with Crippen LogP contribution in [0.5, 0.6) is 0 Å². The summed E-state index contributed by atoms with van der Waals surface area (Å²) < 4.78 is 44.8. The van der Waals surface area contributed by atoms with Crippen molar-refractivity contribution >= 4 is 44.7 Å². The minimum atomic E-state index is -3.69. The van der Waals surface area contributed by atoms with Crippen LogP contribution in [0.15, 0.2) is 39.9 Å². The number of benzene rings is 1. The van der Waals surface area contributed by atoms with Gasteiger partial charge in [0.25, 0.3) is 0 Å². The average molecular weight is 428 g/mol. The molecule has 0 bridgehead atoms. The first-order chi connectivity index (χ1) is 13.2. The van der Waals surface area contributed by atoms with Crippen molar-refractivity contribution in [3.8, 4) is 0 Å². The van der Waals surface area contributed by atoms with Gasteiger partial charge in [0.05, 0.1) is 12.0 Å². The van der Waals surface area contributed by atoms with Crippen LogP contribution in [0.3, 0.4) is 0 Å². The Morgan fingerprint density at radius 2 is 1.96 bits per heavy atom. The topological polar surface area (TPSA) is 119 Å². The Hall–Kier alpha value is -2.63. The summed E-state index contributed by atoms with van der Waals surface area (Å²) in [6.07, 6.45) is -0.290. The molecule has 2 aromatic rings. The number of anilines is 1. The molecule has 2 N–H and O–H groups in total. The van der Waals surface area contributed by atoms with E-state index in [1.165, 1.54) is 25.1 Å². The van der Waals surface area contributed by atoms with E-state index in [1.54, 1.807) is 11.4 Å². The van der Waals surface area contributed by atoms with Crippen molar-refractivity contribution in [3.63, 3.8) is 0 Å². The molecule has 1 amide bonds. The number of ether oxygens (including phenoxy) is 1. The van der Waals surface area contributed by atoms with Crippen LogP contribution in [0, 0.1) is 5.82 Å². The highest BCUT2D eigenvalue weighted by molar-refractivity contribution is 7.91. The minimum absolute atomic E-state index is 0.120. The SMILES string of the molecule is CC(=O)Nc1ccc(C(=O)COC(=O)CCNS(=O)(=O)c2cccs2)c(F)c1. The van der Waals surface area contributed by atoms with Gasteiger partial charge in [0.2, 0.25) is 21.7 Å². The van der Waals surface area contributed by atoms with Crippen LogP contribution in [0.1, 0.15) is 23.7 Å². The van der Waals surface area contributed by atoms with Gasteiger partial charge in [-0.25, -0.2) is 17.5 Å². The summed E-state index contributed by atoms with van der Waals surface area (Å²) >= 11 is 1.04. The van der Waals surface area contributed by atoms with Crippen molar-refractivity contribution in [2.24, 2.45) is 0 Å². The smallest absolute Gasteiger partial charge is 0.307 e. The van der Waals surface area contributed by atoms with Crippen LogP contribution in [0.4, 0.5) is 10.1 Å². The van der Waals surface area contributed by atoms with E-state index < -0.39 is 34.2 Å². The number of sulfonamides is 1. The van der Waals surface area contributed by atoms with E-state index >= 15 is 0 Å². The maximum atomic E-state index is 14.0. The molecule has 1 heterocycles. The standard InChI is InChI=1S/C17H17FN2O6S2/c1-11(21)20-12-4-5-13(14(18)9-12)15(22)10-26-16(23)6-7-19-28(24,25)17-3-2-8-27-17/h2-5,8-9,19H,6-7,10H2,1H3,(H,20,21). The first-order valence-corrected chi connectivity index (χ1v) is 10.3. The molecule has 1 aromatic carbocycles. The first-order valence-electron chi connectivity index (χ1n) is 7.98. The Balaban J connectivity index is 1.81. The number of hydrogen-bond acceptors (Lipinski definition) is 7. The van der Waals surface area contributed by atoms with E-state index in [9.17, 15) is 27.2 Å². The lowest BCUT2D eigenvalue weighted by Crippen LogP contribution is -2.26. The quantitative estimate of drug-likeness (QED) is 0.465. The molecule has 0 aliphatic carbocycles. The molecule has 150 valence electrons. The maximum Gasteiger partial charge on any atom is 0.307 e. The van der Waals surface area contributed by atoms with Crippen LogP contribution in [0.25, 0.3) is 0 Å². The summed E-state index contributed by atoms with van der Waals surface area (Å²) in [6, 6.07) is 6.51. The van der Waals surface area contributed by atoms with Crippen LogP contribution >= 0.6 is 11.3 Å². The summed E-state index contributed by atoms with van der Waals surface area (Å²) in [7, 11) is -3.69. The summed E-state index contributed by atoms with van der Waals surface area (Å²) in [5.41, 5.74) is -0.100. The van der Waals surface area contributed by atoms with E-state index in [0.717, 1.165) is 17.4 Å². The molecule has 8 nitrogen and oxygen atoms in total. The van der Waals surface area contributed by atoms with Gasteiger partial charge < -0.3 is 10.1 Å². The van der Waals surface area contributed by atoms with Gasteiger partial charge in [-0.05, 0) is 29.6 Å². The minimum Gasteiger partial charge on any atom is -0.457 e. The molecule has 11 heteroatoms. The van der Waals surface area contributed by atoms with Gasteiger partial charge in [0.1, 0.15) is 10.0 Å². The molecule has 1 aromatic heterocycles. The molecule has 0 aliphatic rings. The lowest BCUT2D eigenvalue weighted by Gasteiger charge is -2.08. The molecule has 0 aliphatic heterocycles. The highest BCUT2D eigenvalue weighted by atomic mass is 32.2. The number of esters is 1. The molecule has 2 rings (SSSR count). The average Bonchev–Trinajstić information content (AvgIpc) is 3.14. The Morgan fingerprint density at radius 3 is 2.57 bits per heavy atom. The van der Waals surface area contributed by atoms with Crippen molar-refractivity contribution < 1.29 is 31.9 Å². The number of carbonyl (C=O) groups excluding carboxylic acids is 3. The highest BCUT2D eigenvalue weighted by Gasteiger charge is 2.17. The van der Waals surface area contributed by atoms with Crippen LogP contribution in [0.2, 0.25) is 0 Å². The first kappa shape index (κ1) is 21.7. The number of carbonyl (C=O) groups is 3. The zero-order valence-corrected chi connectivity index (χ0v) is 16.4. The maximum absolute atomic E-state index is 14.0. The van der Waals surface area contributed by atoms with Crippen molar-refractivity contribution in [1.29, 1.82) is 0 Å². The van der Waals surface area contributed by atoms with Crippen LogP contribution < -0.4 is 10.0 Å². The van der Waals surface area contributed by atoms with Crippen molar-refractivity contribution in [2.75, 3.05) is 18.5 Å². The Morgan fingerprint density at radius 1 is 1.21 bits per heavy atom. The second-order valence-electron chi connectivity index (χ2n) is 5.54. The zero-order chi connectivity index (χ0) is 20.7. The third-order valence-electron chi connectivity index (χ3n) is 3.34. The highest BCUT2D eigenvalue weighted by Crippen LogP contribution is 2.16. The molecule has 0 saturated heterocycles. The molecule has 0 radical (unpaired) electrons. The molecule has 0 atom stereocenters. The van der Waals surface area contributed by atoms with Crippen molar-refractivity contribution in [3.05, 3.63) is 47.1 Å². The second-order valence-corrected chi connectivity index (χ2v) is 8.48. The summed E-state index contributed by atoms with van der Waals surface area (Å²) in [5.74, 6) is -2.82. The zero-order valence-electron chi connectivity index (χ0n) is 14.7. The number of rotatable bonds is 9. The summed E-state index contributed by atoms with van der Waals surface area (Å²) in [4.78, 5) is 34.6. The number of hydrogen-bond donors (Lipinski definition) is 2. The van der Waals surface area contributed by atoms with E-state index in [1.807, 2.05) is 0 Å². The van der Waals surface area contributed by atoms with Gasteiger partial charge in [0.15, 0.2) is 6.61 Å². The molecular formula is C17H17FN2O6S2. The Kier molecular flexibility index (Phi) is 7.38. The summed E-state index contributed by atoms with van der Waals surface area (Å²) in [6.45, 7) is 0.372. The van der Waals surface area contributed by atoms with E-state index in [0.29, 0.717) is 0 Å². The second kappa shape index (κ2) is 9.53. The molecule has 0 saturated carbocycles. The largest absolute Gasteiger partial charge is 0.457 e. The molecule has 0 unspecified atom stereocenters. The van der Waals surface area contributed by atoms with Crippen LogP contribution in [-0.2, 0) is 24.3 Å². The van der Waals surface area contributed by atoms with Gasteiger partial charge in [-0.15, -0.1) is 11.3 Å².